The summed E-state index contributed by atoms with van der Waals surface area (Å²) in [6.45, 7) is 0. The van der Waals surface area contributed by atoms with Crippen molar-refractivity contribution in [1.29, 1.82) is 0 Å². The highest BCUT2D eigenvalue weighted by molar-refractivity contribution is 5.94. The average Bonchev–Trinajstić information content (AvgIpc) is 3.21. The molecule has 2 aliphatic rings. The summed E-state index contributed by atoms with van der Waals surface area (Å²) < 4.78 is 0. The second kappa shape index (κ2) is 12.9. The molecule has 0 N–H and O–H groups in total. The molecule has 0 fully saturated rings. The molecule has 5 heteroatoms. The van der Waals surface area contributed by atoms with Crippen LogP contribution in [0.3, 0.4) is 0 Å². The lowest BCUT2D eigenvalue weighted by molar-refractivity contribution is 1.03. The standard InChI is InChI=1S/C45H33N5/c1-3-9-30(10-4-1)32-16-22-36(23-17-32)43-48-44(37-24-18-33(19-25-37)31-11-5-2-6-12-31)50-45(49-43)39-14-7-13-38(29-39)40-27-26-35-21-20-34-15-8-28-46-41(34)42(35)47-40/h1,3-5,7,9-14,16-29H,2,6,8,15H2. The third kappa shape index (κ3) is 5.84. The van der Waals surface area contributed by atoms with Gasteiger partial charge in [0.25, 0.3) is 0 Å². The molecule has 0 atom stereocenters. The lowest BCUT2D eigenvalue weighted by Crippen LogP contribution is -2.00. The Morgan fingerprint density at radius 1 is 0.460 bits per heavy atom. The van der Waals surface area contributed by atoms with E-state index >= 15 is 0 Å². The molecule has 50 heavy (non-hydrogen) atoms. The molecule has 5 aromatic carbocycles. The molecule has 238 valence electrons. The van der Waals surface area contributed by atoms with Crippen LogP contribution in [0, 0.1) is 0 Å². The molecule has 1 aliphatic heterocycles. The lowest BCUT2D eigenvalue weighted by Gasteiger charge is -2.13. The van der Waals surface area contributed by atoms with E-state index in [2.05, 4.69) is 133 Å². The Bertz CT molecular complexity index is 2460. The molecule has 0 radical (unpaired) electrons. The Balaban J connectivity index is 1.13. The largest absolute Gasteiger partial charge is 0.259 e. The summed E-state index contributed by atoms with van der Waals surface area (Å²) in [4.78, 5) is 25.0. The summed E-state index contributed by atoms with van der Waals surface area (Å²) in [6, 6.07) is 44.2. The van der Waals surface area contributed by atoms with Crippen LogP contribution >= 0.6 is 0 Å². The maximum Gasteiger partial charge on any atom is 0.164 e. The topological polar surface area (TPSA) is 63.9 Å². The fourth-order valence-corrected chi connectivity index (χ4v) is 6.76. The molecular formula is C45H33N5. The summed E-state index contributed by atoms with van der Waals surface area (Å²) in [6.07, 6.45) is 12.9. The van der Waals surface area contributed by atoms with Gasteiger partial charge in [-0.05, 0) is 65.6 Å². The van der Waals surface area contributed by atoms with Gasteiger partial charge in [-0.25, -0.2) is 19.9 Å². The highest BCUT2D eigenvalue weighted by Crippen LogP contribution is 2.35. The number of aryl methyl sites for hydroxylation is 1. The highest BCUT2D eigenvalue weighted by Gasteiger charge is 2.16. The van der Waals surface area contributed by atoms with E-state index in [0.717, 1.165) is 75.8 Å². The van der Waals surface area contributed by atoms with E-state index in [1.807, 2.05) is 18.3 Å². The number of hydrogen-bond donors (Lipinski definition) is 0. The van der Waals surface area contributed by atoms with Crippen molar-refractivity contribution in [3.05, 3.63) is 157 Å². The van der Waals surface area contributed by atoms with Gasteiger partial charge in [0.2, 0.25) is 0 Å². The normalized spacial score (nSPS) is 13.6. The zero-order valence-electron chi connectivity index (χ0n) is 27.5. The Kier molecular flexibility index (Phi) is 7.71. The molecule has 0 amide bonds. The first kappa shape index (κ1) is 29.8. The molecule has 0 unspecified atom stereocenters. The third-order valence-corrected chi connectivity index (χ3v) is 9.46. The van der Waals surface area contributed by atoms with Gasteiger partial charge in [0.05, 0.1) is 16.9 Å². The van der Waals surface area contributed by atoms with Gasteiger partial charge in [0.15, 0.2) is 17.5 Å². The highest BCUT2D eigenvalue weighted by atomic mass is 15.0. The molecule has 3 heterocycles. The minimum Gasteiger partial charge on any atom is -0.259 e. The van der Waals surface area contributed by atoms with Crippen molar-refractivity contribution in [2.24, 2.45) is 4.99 Å². The number of rotatable bonds is 6. The van der Waals surface area contributed by atoms with E-state index in [9.17, 15) is 0 Å². The number of fused-ring (bicyclic) bond motifs is 3. The molecule has 7 aromatic rings. The maximum absolute atomic E-state index is 5.13. The quantitative estimate of drug-likeness (QED) is 0.181. The first-order chi connectivity index (χ1) is 24.7. The fourth-order valence-electron chi connectivity index (χ4n) is 6.76. The summed E-state index contributed by atoms with van der Waals surface area (Å²) in [5.74, 6) is 1.88. The van der Waals surface area contributed by atoms with Crippen LogP contribution in [0.4, 0.5) is 5.69 Å². The summed E-state index contributed by atoms with van der Waals surface area (Å²) in [5, 5.41) is 1.09. The van der Waals surface area contributed by atoms with Gasteiger partial charge in [-0.15, -0.1) is 0 Å². The van der Waals surface area contributed by atoms with Gasteiger partial charge < -0.3 is 0 Å². The zero-order valence-corrected chi connectivity index (χ0v) is 27.5. The summed E-state index contributed by atoms with van der Waals surface area (Å²) >= 11 is 0. The van der Waals surface area contributed by atoms with E-state index in [1.54, 1.807) is 0 Å². The second-order valence-electron chi connectivity index (χ2n) is 12.7. The Labute approximate surface area is 291 Å². The zero-order chi connectivity index (χ0) is 33.3. The number of nitrogens with zero attached hydrogens (tertiary/aromatic N) is 5. The number of hydrogen-bond acceptors (Lipinski definition) is 5. The van der Waals surface area contributed by atoms with Crippen molar-refractivity contribution in [2.75, 3.05) is 0 Å². The van der Waals surface area contributed by atoms with Gasteiger partial charge in [0, 0.05) is 33.9 Å². The molecule has 1 aliphatic carbocycles. The van der Waals surface area contributed by atoms with Gasteiger partial charge in [-0.3, -0.25) is 4.99 Å². The number of aromatic nitrogens is 4. The van der Waals surface area contributed by atoms with Crippen LogP contribution in [-0.2, 0) is 6.42 Å². The minimum absolute atomic E-state index is 0.615. The van der Waals surface area contributed by atoms with E-state index in [-0.39, 0.29) is 0 Å². The first-order valence-corrected chi connectivity index (χ1v) is 17.2. The monoisotopic (exact) mass is 643 g/mol. The van der Waals surface area contributed by atoms with E-state index in [4.69, 9.17) is 24.9 Å². The molecule has 9 rings (SSSR count). The van der Waals surface area contributed by atoms with Crippen molar-refractivity contribution in [1.82, 2.24) is 19.9 Å². The van der Waals surface area contributed by atoms with E-state index in [1.165, 1.54) is 22.3 Å². The van der Waals surface area contributed by atoms with Crippen LogP contribution in [-0.4, -0.2) is 26.2 Å². The fraction of sp³-hybridized carbons (Fsp3) is 0.0889. The maximum atomic E-state index is 5.13. The average molecular weight is 644 g/mol. The molecule has 0 bridgehead atoms. The van der Waals surface area contributed by atoms with Crippen molar-refractivity contribution in [2.45, 2.75) is 25.7 Å². The number of aliphatic imine (C=N–C) groups is 1. The Hall–Kier alpha value is -6.33. The van der Waals surface area contributed by atoms with Crippen molar-refractivity contribution < 1.29 is 0 Å². The Morgan fingerprint density at radius 3 is 1.84 bits per heavy atom. The minimum atomic E-state index is 0.615. The van der Waals surface area contributed by atoms with Crippen molar-refractivity contribution >= 4 is 28.4 Å². The van der Waals surface area contributed by atoms with E-state index < -0.39 is 0 Å². The van der Waals surface area contributed by atoms with E-state index in [0.29, 0.717) is 17.5 Å². The van der Waals surface area contributed by atoms with Crippen LogP contribution in [0.1, 0.15) is 30.4 Å². The molecule has 0 spiro atoms. The number of pyridine rings is 1. The third-order valence-electron chi connectivity index (χ3n) is 9.46. The number of benzene rings is 5. The predicted molar refractivity (Wildman–Crippen MR) is 205 cm³/mol. The van der Waals surface area contributed by atoms with Crippen LogP contribution < -0.4 is 0 Å². The van der Waals surface area contributed by atoms with Crippen LogP contribution in [0.15, 0.2) is 151 Å². The number of allylic oxidation sites excluding steroid dienone is 4. The van der Waals surface area contributed by atoms with Gasteiger partial charge >= 0.3 is 0 Å². The smallest absolute Gasteiger partial charge is 0.164 e. The van der Waals surface area contributed by atoms with Gasteiger partial charge in [-0.1, -0.05) is 133 Å². The summed E-state index contributed by atoms with van der Waals surface area (Å²) in [5.41, 5.74) is 12.6. The molecule has 0 saturated heterocycles. The SMILES string of the molecule is C1=CC(c2ccc(-c3nc(-c4ccc(-c5ccccc5)cc4)nc(-c4cccc(-c5ccc6ccc7c(c6n5)N=CCC7)c4)n3)cc2)=CCC1. The summed E-state index contributed by atoms with van der Waals surface area (Å²) in [7, 11) is 0. The van der Waals surface area contributed by atoms with Crippen LogP contribution in [0.5, 0.6) is 0 Å². The van der Waals surface area contributed by atoms with Gasteiger partial charge in [0.1, 0.15) is 0 Å². The van der Waals surface area contributed by atoms with Crippen molar-refractivity contribution in [3.63, 3.8) is 0 Å². The lowest BCUT2D eigenvalue weighted by atomic mass is 9.98. The predicted octanol–water partition coefficient (Wildman–Crippen LogP) is 11.1. The molecule has 2 aromatic heterocycles. The molecule has 0 saturated carbocycles. The van der Waals surface area contributed by atoms with Crippen LogP contribution in [0.25, 0.3) is 73.0 Å². The Morgan fingerprint density at radius 2 is 1.10 bits per heavy atom. The van der Waals surface area contributed by atoms with Crippen LogP contribution in [0.2, 0.25) is 0 Å². The van der Waals surface area contributed by atoms with Gasteiger partial charge in [-0.2, -0.15) is 0 Å². The van der Waals surface area contributed by atoms with Crippen molar-refractivity contribution in [3.8, 4) is 56.5 Å². The first-order valence-electron chi connectivity index (χ1n) is 17.2. The second-order valence-corrected chi connectivity index (χ2v) is 12.7. The molecular weight excluding hydrogens is 611 g/mol. The molecule has 5 nitrogen and oxygen atoms in total.